The summed E-state index contributed by atoms with van der Waals surface area (Å²) in [6, 6.07) is 13.0. The Morgan fingerprint density at radius 3 is 2.79 bits per heavy atom. The van der Waals surface area contributed by atoms with Gasteiger partial charge in [-0.2, -0.15) is 0 Å². The maximum atomic E-state index is 4.43. The van der Waals surface area contributed by atoms with Gasteiger partial charge in [-0.05, 0) is 49.7 Å². The predicted octanol–water partition coefficient (Wildman–Crippen LogP) is 4.35. The highest BCUT2D eigenvalue weighted by molar-refractivity contribution is 5.89. The lowest BCUT2D eigenvalue weighted by atomic mass is 10.1. The lowest BCUT2D eigenvalue weighted by Crippen LogP contribution is -2.26. The van der Waals surface area contributed by atoms with Crippen LogP contribution in [0.2, 0.25) is 0 Å². The highest BCUT2D eigenvalue weighted by atomic mass is 15.1. The van der Waals surface area contributed by atoms with Gasteiger partial charge >= 0.3 is 0 Å². The summed E-state index contributed by atoms with van der Waals surface area (Å²) in [5.74, 6) is 0. The molecule has 3 heterocycles. The van der Waals surface area contributed by atoms with Crippen LogP contribution < -0.4 is 0 Å². The smallest absolute Gasteiger partial charge is 0.0528 e. The molecular weight excluding hydrogens is 294 g/mol. The van der Waals surface area contributed by atoms with E-state index in [1.54, 1.807) is 0 Å². The third kappa shape index (κ3) is 2.55. The molecule has 0 saturated heterocycles. The van der Waals surface area contributed by atoms with Crippen molar-refractivity contribution in [1.29, 1.82) is 0 Å². The van der Waals surface area contributed by atoms with Crippen molar-refractivity contribution in [1.82, 2.24) is 14.5 Å². The fraction of sp³-hybridized carbons (Fsp3) is 0.286. The minimum absolute atomic E-state index is 1.03. The van der Waals surface area contributed by atoms with Crippen molar-refractivity contribution in [3.05, 3.63) is 65.1 Å². The van der Waals surface area contributed by atoms with E-state index in [2.05, 4.69) is 71.0 Å². The minimum atomic E-state index is 1.03. The standard InChI is InChI=1S/C21H23N3/c1-15(17-9-8-16(2)22-12-17)13-24-20-7-5-4-6-18(20)19-14-23(3)11-10-21(19)24/h4-9,12-13H,10-11,14H2,1-3H3/b15-13+. The Morgan fingerprint density at radius 1 is 1.17 bits per heavy atom. The van der Waals surface area contributed by atoms with Gasteiger partial charge in [-0.3, -0.25) is 4.98 Å². The van der Waals surface area contributed by atoms with Crippen molar-refractivity contribution in [2.45, 2.75) is 26.8 Å². The summed E-state index contributed by atoms with van der Waals surface area (Å²) in [7, 11) is 2.20. The number of allylic oxidation sites excluding steroid dienone is 1. The number of rotatable bonds is 2. The van der Waals surface area contributed by atoms with Crippen molar-refractivity contribution in [3.63, 3.8) is 0 Å². The van der Waals surface area contributed by atoms with Crippen molar-refractivity contribution in [2.24, 2.45) is 0 Å². The minimum Gasteiger partial charge on any atom is -0.320 e. The number of para-hydroxylation sites is 1. The summed E-state index contributed by atoms with van der Waals surface area (Å²) in [6.45, 7) is 6.34. The first-order chi connectivity index (χ1) is 11.6. The van der Waals surface area contributed by atoms with Gasteiger partial charge in [0.25, 0.3) is 0 Å². The molecule has 1 aliphatic heterocycles. The van der Waals surface area contributed by atoms with E-state index in [0.717, 1.165) is 25.2 Å². The molecule has 2 aromatic heterocycles. The molecule has 1 aliphatic rings. The molecule has 0 unspecified atom stereocenters. The summed E-state index contributed by atoms with van der Waals surface area (Å²) in [6.07, 6.45) is 5.34. The second-order valence-corrected chi connectivity index (χ2v) is 6.80. The molecule has 0 fully saturated rings. The summed E-state index contributed by atoms with van der Waals surface area (Å²) in [5.41, 5.74) is 7.71. The number of pyridine rings is 1. The van der Waals surface area contributed by atoms with Crippen LogP contribution in [0.1, 0.15) is 29.4 Å². The highest BCUT2D eigenvalue weighted by Gasteiger charge is 2.21. The number of aromatic nitrogens is 2. The second kappa shape index (κ2) is 5.91. The molecule has 0 aliphatic carbocycles. The third-order valence-electron chi connectivity index (χ3n) is 4.98. The van der Waals surface area contributed by atoms with E-state index in [9.17, 15) is 0 Å². The number of likely N-dealkylation sites (N-methyl/N-ethyl adjacent to an activating group) is 1. The topological polar surface area (TPSA) is 21.1 Å². The first kappa shape index (κ1) is 15.2. The molecule has 1 aromatic carbocycles. The van der Waals surface area contributed by atoms with E-state index in [1.807, 2.05) is 13.1 Å². The Labute approximate surface area is 143 Å². The highest BCUT2D eigenvalue weighted by Crippen LogP contribution is 2.31. The van der Waals surface area contributed by atoms with E-state index in [-0.39, 0.29) is 0 Å². The van der Waals surface area contributed by atoms with Crippen LogP contribution in [-0.4, -0.2) is 28.0 Å². The SMILES string of the molecule is C/C(=C\n1c2c(c3ccccc31)CN(C)CC2)c1ccc(C)nc1. The zero-order chi connectivity index (χ0) is 16.7. The Balaban J connectivity index is 1.87. The van der Waals surface area contributed by atoms with E-state index in [0.29, 0.717) is 0 Å². The number of hydrogen-bond donors (Lipinski definition) is 0. The largest absolute Gasteiger partial charge is 0.320 e. The average Bonchev–Trinajstić information content (AvgIpc) is 2.89. The molecule has 0 N–H and O–H groups in total. The van der Waals surface area contributed by atoms with E-state index >= 15 is 0 Å². The van der Waals surface area contributed by atoms with Gasteiger partial charge in [-0.25, -0.2) is 0 Å². The van der Waals surface area contributed by atoms with Gasteiger partial charge in [0.05, 0.1) is 5.52 Å². The molecule has 0 saturated carbocycles. The van der Waals surface area contributed by atoms with Crippen LogP contribution in [0.25, 0.3) is 22.7 Å². The van der Waals surface area contributed by atoms with Gasteiger partial charge in [0.15, 0.2) is 0 Å². The van der Waals surface area contributed by atoms with Crippen molar-refractivity contribution < 1.29 is 0 Å². The van der Waals surface area contributed by atoms with Gasteiger partial charge in [-0.15, -0.1) is 0 Å². The van der Waals surface area contributed by atoms with Crippen molar-refractivity contribution in [3.8, 4) is 0 Å². The molecule has 0 amide bonds. The second-order valence-electron chi connectivity index (χ2n) is 6.80. The molecule has 0 radical (unpaired) electrons. The van der Waals surface area contributed by atoms with Crippen LogP contribution in [0.15, 0.2) is 42.6 Å². The van der Waals surface area contributed by atoms with E-state index < -0.39 is 0 Å². The van der Waals surface area contributed by atoms with Crippen LogP contribution >= 0.6 is 0 Å². The fourth-order valence-corrected chi connectivity index (χ4v) is 3.60. The summed E-state index contributed by atoms with van der Waals surface area (Å²) in [4.78, 5) is 6.83. The molecule has 3 nitrogen and oxygen atoms in total. The first-order valence-corrected chi connectivity index (χ1v) is 8.54. The average molecular weight is 317 g/mol. The van der Waals surface area contributed by atoms with Gasteiger partial charge < -0.3 is 9.47 Å². The monoisotopic (exact) mass is 317 g/mol. The Hall–Kier alpha value is -2.39. The van der Waals surface area contributed by atoms with Crippen LogP contribution in [0.3, 0.4) is 0 Å². The van der Waals surface area contributed by atoms with Crippen LogP contribution in [0.5, 0.6) is 0 Å². The molecule has 0 atom stereocenters. The molecule has 4 rings (SSSR count). The van der Waals surface area contributed by atoms with Gasteiger partial charge in [0.1, 0.15) is 0 Å². The molecule has 24 heavy (non-hydrogen) atoms. The van der Waals surface area contributed by atoms with Crippen LogP contribution in [0, 0.1) is 6.92 Å². The Kier molecular flexibility index (Phi) is 3.73. The zero-order valence-corrected chi connectivity index (χ0v) is 14.6. The van der Waals surface area contributed by atoms with Crippen molar-refractivity contribution in [2.75, 3.05) is 13.6 Å². The molecule has 0 bridgehead atoms. The summed E-state index contributed by atoms with van der Waals surface area (Å²) >= 11 is 0. The molecule has 122 valence electrons. The molecule has 3 heteroatoms. The van der Waals surface area contributed by atoms with E-state index in [1.165, 1.54) is 33.3 Å². The molecular formula is C21H23N3. The predicted molar refractivity (Wildman–Crippen MR) is 101 cm³/mol. The molecule has 0 spiro atoms. The number of nitrogens with zero attached hydrogens (tertiary/aromatic N) is 3. The zero-order valence-electron chi connectivity index (χ0n) is 14.6. The normalized spacial score (nSPS) is 15.7. The van der Waals surface area contributed by atoms with Crippen LogP contribution in [-0.2, 0) is 13.0 Å². The third-order valence-corrected chi connectivity index (χ3v) is 4.98. The van der Waals surface area contributed by atoms with Gasteiger partial charge in [0, 0.05) is 48.7 Å². The van der Waals surface area contributed by atoms with Gasteiger partial charge in [0.2, 0.25) is 0 Å². The summed E-state index contributed by atoms with van der Waals surface area (Å²) in [5, 5.41) is 1.38. The number of fused-ring (bicyclic) bond motifs is 3. The maximum Gasteiger partial charge on any atom is 0.0528 e. The lowest BCUT2D eigenvalue weighted by Gasteiger charge is -2.23. The van der Waals surface area contributed by atoms with E-state index in [4.69, 9.17) is 0 Å². The number of hydrogen-bond acceptors (Lipinski definition) is 2. The maximum absolute atomic E-state index is 4.43. The fourth-order valence-electron chi connectivity index (χ4n) is 3.60. The number of aryl methyl sites for hydroxylation is 1. The quantitative estimate of drug-likeness (QED) is 0.700. The first-order valence-electron chi connectivity index (χ1n) is 8.54. The summed E-state index contributed by atoms with van der Waals surface area (Å²) < 4.78 is 2.40. The Morgan fingerprint density at radius 2 is 2.00 bits per heavy atom. The number of benzene rings is 1. The Bertz CT molecular complexity index is 916. The van der Waals surface area contributed by atoms with Crippen LogP contribution in [0.4, 0.5) is 0 Å². The lowest BCUT2D eigenvalue weighted by molar-refractivity contribution is 0.312. The molecule has 3 aromatic rings. The van der Waals surface area contributed by atoms with Gasteiger partial charge in [-0.1, -0.05) is 24.3 Å². The van der Waals surface area contributed by atoms with Crippen molar-refractivity contribution >= 4 is 22.7 Å².